The van der Waals surface area contributed by atoms with E-state index in [1.54, 1.807) is 0 Å². The lowest BCUT2D eigenvalue weighted by Crippen LogP contribution is -2.05. The number of nitrogens with zero attached hydrogens (tertiary/aromatic N) is 1. The molecule has 2 heteroatoms. The molecule has 2 nitrogen and oxygen atoms in total. The van der Waals surface area contributed by atoms with E-state index in [2.05, 4.69) is 91.1 Å². The van der Waals surface area contributed by atoms with Crippen LogP contribution < -0.4 is 5.32 Å². The van der Waals surface area contributed by atoms with Gasteiger partial charge in [-0.05, 0) is 35.2 Å². The molecule has 0 unspecified atom stereocenters. The number of hydrogen-bond donors (Lipinski definition) is 1. The number of nitrogens with one attached hydrogen (secondary N) is 1. The molecule has 0 aliphatic rings. The summed E-state index contributed by atoms with van der Waals surface area (Å²) in [5, 5.41) is 3.54. The van der Waals surface area contributed by atoms with Crippen LogP contribution in [0.5, 0.6) is 0 Å². The van der Waals surface area contributed by atoms with Crippen LogP contribution in [0.1, 0.15) is 11.1 Å². The van der Waals surface area contributed by atoms with E-state index in [1.165, 1.54) is 16.7 Å². The number of anilines is 1. The van der Waals surface area contributed by atoms with Crippen molar-refractivity contribution in [2.45, 2.75) is 13.5 Å². The van der Waals surface area contributed by atoms with Gasteiger partial charge in [0.2, 0.25) is 0 Å². The normalized spacial score (nSPS) is 10.6. The van der Waals surface area contributed by atoms with Gasteiger partial charge in [0.25, 0.3) is 0 Å². The molecule has 1 N–H and O–H groups in total. The van der Waals surface area contributed by atoms with Crippen LogP contribution in [0.15, 0.2) is 97.1 Å². The highest BCUT2D eigenvalue weighted by Gasteiger charge is 2.12. The van der Waals surface area contributed by atoms with Crippen LogP contribution in [0.25, 0.3) is 22.4 Å². The maximum Gasteiger partial charge on any atom is 0.130 e. The van der Waals surface area contributed by atoms with Crippen LogP contribution in [0.4, 0.5) is 5.82 Å². The zero-order chi connectivity index (χ0) is 18.5. The molecule has 27 heavy (non-hydrogen) atoms. The van der Waals surface area contributed by atoms with Crippen LogP contribution in [0.3, 0.4) is 0 Å². The first-order chi connectivity index (χ1) is 13.3. The maximum atomic E-state index is 4.93. The third-order valence-corrected chi connectivity index (χ3v) is 4.73. The Morgan fingerprint density at radius 2 is 1.26 bits per heavy atom. The summed E-state index contributed by atoms with van der Waals surface area (Å²) in [4.78, 5) is 4.93. The Morgan fingerprint density at radius 3 is 1.89 bits per heavy atom. The molecule has 0 fully saturated rings. The summed E-state index contributed by atoms with van der Waals surface area (Å²) >= 11 is 0. The summed E-state index contributed by atoms with van der Waals surface area (Å²) in [7, 11) is 0. The van der Waals surface area contributed by atoms with E-state index in [4.69, 9.17) is 4.98 Å². The predicted octanol–water partition coefficient (Wildman–Crippen LogP) is 6.34. The van der Waals surface area contributed by atoms with Crippen molar-refractivity contribution in [3.63, 3.8) is 0 Å². The molecule has 0 saturated carbocycles. The fraction of sp³-hybridized carbons (Fsp3) is 0.0800. The standard InChI is InChI=1S/C25H22N2/c1-19-23(21-13-7-3-8-14-21)17-24(22-15-9-4-10-16-22)27-25(19)26-18-20-11-5-2-6-12-20/h2-17H,18H2,1H3,(H,26,27). The van der Waals surface area contributed by atoms with Crippen LogP contribution in [0, 0.1) is 6.92 Å². The second-order valence-corrected chi connectivity index (χ2v) is 6.60. The second kappa shape index (κ2) is 7.88. The molecule has 1 heterocycles. The third kappa shape index (κ3) is 3.90. The van der Waals surface area contributed by atoms with Gasteiger partial charge in [0.15, 0.2) is 0 Å². The van der Waals surface area contributed by atoms with E-state index in [-0.39, 0.29) is 0 Å². The van der Waals surface area contributed by atoms with Gasteiger partial charge < -0.3 is 5.32 Å². The van der Waals surface area contributed by atoms with Gasteiger partial charge in [-0.1, -0.05) is 91.0 Å². The lowest BCUT2D eigenvalue weighted by Gasteiger charge is -2.16. The summed E-state index contributed by atoms with van der Waals surface area (Å²) in [6.45, 7) is 2.89. The van der Waals surface area contributed by atoms with Gasteiger partial charge in [-0.3, -0.25) is 0 Å². The van der Waals surface area contributed by atoms with E-state index in [0.29, 0.717) is 0 Å². The minimum atomic E-state index is 0.751. The molecule has 0 bridgehead atoms. The molecule has 0 spiro atoms. The summed E-state index contributed by atoms with van der Waals surface area (Å²) in [5.74, 6) is 0.930. The van der Waals surface area contributed by atoms with E-state index >= 15 is 0 Å². The van der Waals surface area contributed by atoms with Crippen molar-refractivity contribution in [1.29, 1.82) is 0 Å². The fourth-order valence-electron chi connectivity index (χ4n) is 3.24. The molecule has 0 saturated heterocycles. The Kier molecular flexibility index (Phi) is 4.97. The van der Waals surface area contributed by atoms with Crippen LogP contribution in [-0.2, 0) is 6.54 Å². The Labute approximate surface area is 160 Å². The molecule has 0 atom stereocenters. The highest BCUT2D eigenvalue weighted by Crippen LogP contribution is 2.32. The first-order valence-electron chi connectivity index (χ1n) is 9.21. The average Bonchev–Trinajstić information content (AvgIpc) is 2.75. The highest BCUT2D eigenvalue weighted by atomic mass is 15.0. The number of rotatable bonds is 5. The van der Waals surface area contributed by atoms with E-state index < -0.39 is 0 Å². The molecule has 1 aromatic heterocycles. The first-order valence-corrected chi connectivity index (χ1v) is 9.21. The minimum absolute atomic E-state index is 0.751. The molecule has 4 rings (SSSR count). The van der Waals surface area contributed by atoms with E-state index in [0.717, 1.165) is 29.2 Å². The molecule has 4 aromatic rings. The van der Waals surface area contributed by atoms with Crippen molar-refractivity contribution in [2.75, 3.05) is 5.32 Å². The predicted molar refractivity (Wildman–Crippen MR) is 114 cm³/mol. The molecule has 132 valence electrons. The summed E-state index contributed by atoms with van der Waals surface area (Å²) < 4.78 is 0. The van der Waals surface area contributed by atoms with Gasteiger partial charge in [0.05, 0.1) is 5.69 Å². The van der Waals surface area contributed by atoms with Crippen molar-refractivity contribution in [3.8, 4) is 22.4 Å². The SMILES string of the molecule is Cc1c(-c2ccccc2)cc(-c2ccccc2)nc1NCc1ccccc1. The maximum absolute atomic E-state index is 4.93. The molecule has 0 aliphatic carbocycles. The quantitative estimate of drug-likeness (QED) is 0.454. The molecular formula is C25H22N2. The lowest BCUT2D eigenvalue weighted by molar-refractivity contribution is 1.10. The zero-order valence-electron chi connectivity index (χ0n) is 15.4. The van der Waals surface area contributed by atoms with Gasteiger partial charge in [-0.2, -0.15) is 0 Å². The first kappa shape index (κ1) is 17.0. The molecule has 3 aromatic carbocycles. The van der Waals surface area contributed by atoms with Gasteiger partial charge in [0.1, 0.15) is 5.82 Å². The Morgan fingerprint density at radius 1 is 0.704 bits per heavy atom. The molecule has 0 amide bonds. The van der Waals surface area contributed by atoms with Gasteiger partial charge >= 0.3 is 0 Å². The van der Waals surface area contributed by atoms with Crippen molar-refractivity contribution in [3.05, 3.63) is 108 Å². The van der Waals surface area contributed by atoms with Gasteiger partial charge in [-0.25, -0.2) is 4.98 Å². The van der Waals surface area contributed by atoms with Crippen molar-refractivity contribution in [1.82, 2.24) is 4.98 Å². The number of aromatic nitrogens is 1. The summed E-state index contributed by atoms with van der Waals surface area (Å²) in [5.41, 5.74) is 6.92. The molecule has 0 aliphatic heterocycles. The smallest absolute Gasteiger partial charge is 0.130 e. The van der Waals surface area contributed by atoms with Crippen molar-refractivity contribution >= 4 is 5.82 Å². The second-order valence-electron chi connectivity index (χ2n) is 6.60. The van der Waals surface area contributed by atoms with Crippen molar-refractivity contribution in [2.24, 2.45) is 0 Å². The Balaban J connectivity index is 1.77. The minimum Gasteiger partial charge on any atom is -0.366 e. The van der Waals surface area contributed by atoms with Gasteiger partial charge in [-0.15, -0.1) is 0 Å². The number of pyridine rings is 1. The molecule has 0 radical (unpaired) electrons. The average molecular weight is 350 g/mol. The zero-order valence-corrected chi connectivity index (χ0v) is 15.4. The summed E-state index contributed by atoms with van der Waals surface area (Å²) in [6, 6.07) is 33.5. The van der Waals surface area contributed by atoms with Crippen LogP contribution >= 0.6 is 0 Å². The summed E-state index contributed by atoms with van der Waals surface area (Å²) in [6.07, 6.45) is 0. The van der Waals surface area contributed by atoms with Crippen LogP contribution in [-0.4, -0.2) is 4.98 Å². The van der Waals surface area contributed by atoms with E-state index in [1.807, 2.05) is 18.2 Å². The number of hydrogen-bond acceptors (Lipinski definition) is 2. The Bertz CT molecular complexity index is 1010. The van der Waals surface area contributed by atoms with E-state index in [9.17, 15) is 0 Å². The monoisotopic (exact) mass is 350 g/mol. The van der Waals surface area contributed by atoms with Gasteiger partial charge in [0, 0.05) is 12.1 Å². The Hall–Kier alpha value is -3.39. The third-order valence-electron chi connectivity index (χ3n) is 4.73. The molecular weight excluding hydrogens is 328 g/mol. The van der Waals surface area contributed by atoms with Crippen molar-refractivity contribution < 1.29 is 0 Å². The largest absolute Gasteiger partial charge is 0.366 e. The number of benzene rings is 3. The topological polar surface area (TPSA) is 24.9 Å². The van der Waals surface area contributed by atoms with Crippen LogP contribution in [0.2, 0.25) is 0 Å². The fourth-order valence-corrected chi connectivity index (χ4v) is 3.24. The highest BCUT2D eigenvalue weighted by molar-refractivity contribution is 5.77. The lowest BCUT2D eigenvalue weighted by atomic mass is 9.98.